The minimum Gasteiger partial charge on any atom is -0.351 e. The number of rotatable bonds is 3. The van der Waals surface area contributed by atoms with Gasteiger partial charge in [0.1, 0.15) is 5.56 Å². The zero-order valence-electron chi connectivity index (χ0n) is 11.2. The summed E-state index contributed by atoms with van der Waals surface area (Å²) in [4.78, 5) is 16.5. The summed E-state index contributed by atoms with van der Waals surface area (Å²) in [6.45, 7) is 6.50. The van der Waals surface area contributed by atoms with Crippen molar-refractivity contribution in [3.8, 4) is 0 Å². The first kappa shape index (κ1) is 15.4. The summed E-state index contributed by atoms with van der Waals surface area (Å²) in [6.07, 6.45) is 0. The molecule has 0 saturated heterocycles. The van der Waals surface area contributed by atoms with Crippen molar-refractivity contribution in [3.63, 3.8) is 0 Å². The molecule has 2 aromatic rings. The van der Waals surface area contributed by atoms with Crippen LogP contribution >= 0.6 is 12.4 Å². The van der Waals surface area contributed by atoms with E-state index in [1.54, 1.807) is 11.4 Å². The van der Waals surface area contributed by atoms with E-state index in [1.165, 1.54) is 0 Å². The maximum atomic E-state index is 12.1. The highest BCUT2D eigenvalue weighted by atomic mass is 35.5. The predicted molar refractivity (Wildman–Crippen MR) is 75.8 cm³/mol. The fraction of sp³-hybridized carbons (Fsp3) is 0.417. The summed E-state index contributed by atoms with van der Waals surface area (Å²) in [5.41, 5.74) is 9.00. The van der Waals surface area contributed by atoms with Crippen LogP contribution in [0.5, 0.6) is 0 Å². The highest BCUT2D eigenvalue weighted by molar-refractivity contribution is 6.01. The minimum absolute atomic E-state index is 0. The number of aryl methyl sites for hydroxylation is 3. The third kappa shape index (κ3) is 2.85. The summed E-state index contributed by atoms with van der Waals surface area (Å²) in [5.74, 6) is -0.176. The second-order valence-electron chi connectivity index (χ2n) is 4.28. The van der Waals surface area contributed by atoms with Gasteiger partial charge in [0.15, 0.2) is 5.65 Å². The lowest BCUT2D eigenvalue weighted by Crippen LogP contribution is -2.29. The van der Waals surface area contributed by atoms with Crippen molar-refractivity contribution in [2.75, 3.05) is 13.1 Å². The maximum Gasteiger partial charge on any atom is 0.257 e. The van der Waals surface area contributed by atoms with Gasteiger partial charge < -0.3 is 11.1 Å². The fourth-order valence-corrected chi connectivity index (χ4v) is 1.97. The zero-order chi connectivity index (χ0) is 13.3. The molecule has 0 saturated carbocycles. The highest BCUT2D eigenvalue weighted by Crippen LogP contribution is 2.15. The average molecular weight is 284 g/mol. The Hall–Kier alpha value is -1.66. The van der Waals surface area contributed by atoms with E-state index in [9.17, 15) is 4.79 Å². The molecule has 19 heavy (non-hydrogen) atoms. The number of halogens is 1. The smallest absolute Gasteiger partial charge is 0.257 e. The molecule has 0 aliphatic carbocycles. The molecule has 0 aliphatic rings. The fourth-order valence-electron chi connectivity index (χ4n) is 1.97. The summed E-state index contributed by atoms with van der Waals surface area (Å²) in [5, 5.41) is 7.09. The number of nitrogens with two attached hydrogens (primary N) is 1. The molecule has 0 fully saturated rings. The molecule has 104 valence electrons. The topological polar surface area (TPSA) is 85.3 Å². The van der Waals surface area contributed by atoms with Gasteiger partial charge in [-0.2, -0.15) is 5.10 Å². The van der Waals surface area contributed by atoms with Crippen molar-refractivity contribution >= 4 is 24.0 Å². The molecule has 2 rings (SSSR count). The molecule has 0 aliphatic heterocycles. The van der Waals surface area contributed by atoms with E-state index in [0.29, 0.717) is 30.0 Å². The molecule has 2 heterocycles. The standard InChI is InChI=1S/C12H17N5O.ClH/c1-7-6-8(2)17-11(15-7)10(9(3)16-17)12(18)14-5-4-13;/h6H,4-5,13H2,1-3H3,(H,14,18);1H. The Morgan fingerprint density at radius 1 is 1.42 bits per heavy atom. The van der Waals surface area contributed by atoms with Gasteiger partial charge in [0, 0.05) is 24.5 Å². The lowest BCUT2D eigenvalue weighted by atomic mass is 10.2. The first-order valence-electron chi connectivity index (χ1n) is 5.86. The van der Waals surface area contributed by atoms with Gasteiger partial charge in [0.25, 0.3) is 5.91 Å². The van der Waals surface area contributed by atoms with Crippen LogP contribution < -0.4 is 11.1 Å². The average Bonchev–Trinajstić information content (AvgIpc) is 2.63. The quantitative estimate of drug-likeness (QED) is 0.871. The molecule has 7 heteroatoms. The van der Waals surface area contributed by atoms with Gasteiger partial charge >= 0.3 is 0 Å². The van der Waals surface area contributed by atoms with Crippen LogP contribution in [-0.4, -0.2) is 33.6 Å². The van der Waals surface area contributed by atoms with Crippen LogP contribution in [0, 0.1) is 20.8 Å². The van der Waals surface area contributed by atoms with Crippen LogP contribution in [0.2, 0.25) is 0 Å². The molecule has 6 nitrogen and oxygen atoms in total. The van der Waals surface area contributed by atoms with Gasteiger partial charge in [0.2, 0.25) is 0 Å². The summed E-state index contributed by atoms with van der Waals surface area (Å²) in [7, 11) is 0. The van der Waals surface area contributed by atoms with E-state index < -0.39 is 0 Å². The molecule has 2 aromatic heterocycles. The van der Waals surface area contributed by atoms with Crippen LogP contribution in [0.25, 0.3) is 5.65 Å². The van der Waals surface area contributed by atoms with Crippen LogP contribution in [0.4, 0.5) is 0 Å². The molecule has 0 atom stereocenters. The number of nitrogens with one attached hydrogen (secondary N) is 1. The third-order valence-electron chi connectivity index (χ3n) is 2.73. The number of amides is 1. The van der Waals surface area contributed by atoms with Crippen LogP contribution in [-0.2, 0) is 0 Å². The Bertz CT molecular complexity index is 608. The minimum atomic E-state index is -0.176. The molecule has 0 radical (unpaired) electrons. The Morgan fingerprint density at radius 2 is 2.11 bits per heavy atom. The second-order valence-corrected chi connectivity index (χ2v) is 4.28. The summed E-state index contributed by atoms with van der Waals surface area (Å²) < 4.78 is 1.69. The third-order valence-corrected chi connectivity index (χ3v) is 2.73. The first-order valence-corrected chi connectivity index (χ1v) is 5.86. The molecule has 1 amide bonds. The molecule has 3 N–H and O–H groups in total. The molecule has 0 unspecified atom stereocenters. The predicted octanol–water partition coefficient (Wildman–Crippen LogP) is 0.765. The second kappa shape index (κ2) is 5.99. The monoisotopic (exact) mass is 283 g/mol. The molecule has 0 aromatic carbocycles. The zero-order valence-corrected chi connectivity index (χ0v) is 12.0. The van der Waals surface area contributed by atoms with Crippen LogP contribution in [0.15, 0.2) is 6.07 Å². The lowest BCUT2D eigenvalue weighted by molar-refractivity contribution is 0.0955. The van der Waals surface area contributed by atoms with Crippen molar-refractivity contribution in [2.24, 2.45) is 5.73 Å². The molecular weight excluding hydrogens is 266 g/mol. The van der Waals surface area contributed by atoms with E-state index in [-0.39, 0.29) is 18.3 Å². The van der Waals surface area contributed by atoms with Crippen LogP contribution in [0.3, 0.4) is 0 Å². The number of carbonyl (C=O) groups is 1. The molecule has 0 bridgehead atoms. The molecular formula is C12H18ClN5O. The Kier molecular flexibility index (Phi) is 4.85. The summed E-state index contributed by atoms with van der Waals surface area (Å²) in [6, 6.07) is 1.93. The van der Waals surface area contributed by atoms with Crippen molar-refractivity contribution in [1.29, 1.82) is 0 Å². The van der Waals surface area contributed by atoms with E-state index in [0.717, 1.165) is 11.4 Å². The van der Waals surface area contributed by atoms with Gasteiger partial charge in [-0.05, 0) is 26.8 Å². The number of nitrogens with zero attached hydrogens (tertiary/aromatic N) is 3. The van der Waals surface area contributed by atoms with E-state index in [4.69, 9.17) is 5.73 Å². The number of hydrogen-bond acceptors (Lipinski definition) is 4. The van der Waals surface area contributed by atoms with Gasteiger partial charge in [-0.1, -0.05) is 0 Å². The first-order chi connectivity index (χ1) is 8.54. The SMILES string of the molecule is Cc1cc(C)n2nc(C)c(C(=O)NCCN)c2n1.Cl. The van der Waals surface area contributed by atoms with Crippen molar-refractivity contribution in [3.05, 3.63) is 28.7 Å². The maximum absolute atomic E-state index is 12.1. The van der Waals surface area contributed by atoms with E-state index in [1.807, 2.05) is 19.9 Å². The Morgan fingerprint density at radius 3 is 2.74 bits per heavy atom. The molecule has 0 spiro atoms. The summed E-state index contributed by atoms with van der Waals surface area (Å²) >= 11 is 0. The largest absolute Gasteiger partial charge is 0.351 e. The van der Waals surface area contributed by atoms with Gasteiger partial charge in [0.05, 0.1) is 5.69 Å². The van der Waals surface area contributed by atoms with Crippen LogP contribution in [0.1, 0.15) is 27.4 Å². The van der Waals surface area contributed by atoms with Crippen molar-refractivity contribution in [2.45, 2.75) is 20.8 Å². The lowest BCUT2D eigenvalue weighted by Gasteiger charge is -2.03. The Balaban J connectivity index is 0.00000180. The number of fused-ring (bicyclic) bond motifs is 1. The van der Waals surface area contributed by atoms with Gasteiger partial charge in [-0.15, -0.1) is 12.4 Å². The number of aromatic nitrogens is 3. The number of carbonyl (C=O) groups excluding carboxylic acids is 1. The highest BCUT2D eigenvalue weighted by Gasteiger charge is 2.18. The Labute approximate surface area is 117 Å². The van der Waals surface area contributed by atoms with E-state index >= 15 is 0 Å². The van der Waals surface area contributed by atoms with Crippen molar-refractivity contribution < 1.29 is 4.79 Å². The van der Waals surface area contributed by atoms with Gasteiger partial charge in [-0.25, -0.2) is 9.50 Å². The number of hydrogen-bond donors (Lipinski definition) is 2. The normalized spacial score (nSPS) is 10.3. The van der Waals surface area contributed by atoms with Gasteiger partial charge in [-0.3, -0.25) is 4.79 Å². The van der Waals surface area contributed by atoms with E-state index in [2.05, 4.69) is 15.4 Å². The van der Waals surface area contributed by atoms with Crippen molar-refractivity contribution in [1.82, 2.24) is 19.9 Å².